The first kappa shape index (κ1) is 12.8. The normalized spacial score (nSPS) is 9.18. The summed E-state index contributed by atoms with van der Waals surface area (Å²) in [7, 11) is 0. The Morgan fingerprint density at radius 3 is 2.41 bits per heavy atom. The highest BCUT2D eigenvalue weighted by Crippen LogP contribution is 2.13. The number of ether oxygens (including phenoxy) is 1. The van der Waals surface area contributed by atoms with Crippen molar-refractivity contribution >= 4 is 18.5 Å². The van der Waals surface area contributed by atoms with Gasteiger partial charge in [0, 0.05) is 18.0 Å². The van der Waals surface area contributed by atoms with Crippen LogP contribution in [0.4, 0.5) is 0 Å². The predicted octanol–water partition coefficient (Wildman–Crippen LogP) is 2.51. The van der Waals surface area contributed by atoms with Gasteiger partial charge >= 0.3 is 0 Å². The van der Waals surface area contributed by atoms with Crippen molar-refractivity contribution in [2.75, 3.05) is 13.2 Å². The molecule has 5 nitrogen and oxygen atoms in total. The maximum Gasteiger partial charge on any atom is 0.119 e. The molecule has 88 valence electrons. The summed E-state index contributed by atoms with van der Waals surface area (Å²) in [4.78, 5) is 9.86. The molecule has 0 saturated heterocycles. The van der Waals surface area contributed by atoms with Gasteiger partial charge in [-0.05, 0) is 23.8 Å². The van der Waals surface area contributed by atoms with E-state index < -0.39 is 0 Å². The zero-order chi connectivity index (χ0) is 12.5. The van der Waals surface area contributed by atoms with Crippen molar-refractivity contribution in [3.8, 4) is 5.75 Å². The van der Waals surface area contributed by atoms with Crippen molar-refractivity contribution in [2.45, 2.75) is 0 Å². The summed E-state index contributed by atoms with van der Waals surface area (Å²) in [6.07, 6.45) is 3.96. The summed E-state index contributed by atoms with van der Waals surface area (Å²) >= 11 is 0. The molecule has 0 aromatic heterocycles. The van der Waals surface area contributed by atoms with E-state index in [1.165, 1.54) is 0 Å². The molecule has 0 heterocycles. The molecule has 0 radical (unpaired) electrons. The third-order valence-electron chi connectivity index (χ3n) is 2.00. The number of allylic oxidation sites excluding steroid dienone is 1. The molecule has 2 N–H and O–H groups in total. The fraction of sp³-hybridized carbons (Fsp3) is 0.167. The molecule has 0 spiro atoms. The second-order valence-corrected chi connectivity index (χ2v) is 3.20. The Balaban J connectivity index is 2.67. The Morgan fingerprint density at radius 2 is 1.88 bits per heavy atom. The number of hydrogen-bond acceptors (Lipinski definition) is 5. The SMILES string of the molecule is N=CC(C=N)=Cc1ccc(OCCN=O)cc1. The molecule has 0 aliphatic carbocycles. The van der Waals surface area contributed by atoms with Gasteiger partial charge in [0.1, 0.15) is 18.9 Å². The van der Waals surface area contributed by atoms with Crippen molar-refractivity contribution < 1.29 is 4.74 Å². The van der Waals surface area contributed by atoms with Crippen LogP contribution < -0.4 is 4.74 Å². The Hall–Kier alpha value is -2.30. The quantitative estimate of drug-likeness (QED) is 0.429. The summed E-state index contributed by atoms with van der Waals surface area (Å²) in [5.74, 6) is 0.664. The Labute approximate surface area is 99.1 Å². The third-order valence-corrected chi connectivity index (χ3v) is 2.00. The number of hydrogen-bond donors (Lipinski definition) is 2. The highest BCUT2D eigenvalue weighted by Gasteiger charge is 1.95. The van der Waals surface area contributed by atoms with Crippen LogP contribution in [-0.4, -0.2) is 25.6 Å². The zero-order valence-corrected chi connectivity index (χ0v) is 9.22. The first-order valence-electron chi connectivity index (χ1n) is 5.05. The molecule has 0 amide bonds. The maximum absolute atomic E-state index is 9.86. The van der Waals surface area contributed by atoms with Gasteiger partial charge in [-0.15, -0.1) is 0 Å². The Morgan fingerprint density at radius 1 is 1.24 bits per heavy atom. The van der Waals surface area contributed by atoms with E-state index in [1.54, 1.807) is 18.2 Å². The molecule has 0 unspecified atom stereocenters. The lowest BCUT2D eigenvalue weighted by atomic mass is 10.1. The van der Waals surface area contributed by atoms with Crippen LogP contribution in [0.15, 0.2) is 35.0 Å². The molecule has 1 aromatic carbocycles. The molecule has 1 rings (SSSR count). The highest BCUT2D eigenvalue weighted by atomic mass is 16.5. The first-order chi connectivity index (χ1) is 8.30. The highest BCUT2D eigenvalue weighted by molar-refractivity contribution is 6.06. The summed E-state index contributed by atoms with van der Waals surface area (Å²) in [6.45, 7) is 0.401. The van der Waals surface area contributed by atoms with Gasteiger partial charge in [0.25, 0.3) is 0 Å². The second-order valence-electron chi connectivity index (χ2n) is 3.20. The molecule has 0 aliphatic rings. The van der Waals surface area contributed by atoms with Gasteiger partial charge in [0.05, 0.1) is 0 Å². The smallest absolute Gasteiger partial charge is 0.119 e. The Kier molecular flexibility index (Phi) is 5.30. The van der Waals surface area contributed by atoms with E-state index in [1.807, 2.05) is 12.1 Å². The molecular weight excluding hydrogens is 218 g/mol. The number of benzene rings is 1. The van der Waals surface area contributed by atoms with Gasteiger partial charge in [0.15, 0.2) is 0 Å². The van der Waals surface area contributed by atoms with Crippen LogP contribution in [0.25, 0.3) is 6.08 Å². The van der Waals surface area contributed by atoms with Gasteiger partial charge in [-0.1, -0.05) is 17.3 Å². The monoisotopic (exact) mass is 231 g/mol. The molecule has 0 fully saturated rings. The van der Waals surface area contributed by atoms with Crippen LogP contribution in [0.2, 0.25) is 0 Å². The first-order valence-corrected chi connectivity index (χ1v) is 5.05. The lowest BCUT2D eigenvalue weighted by Gasteiger charge is -2.03. The summed E-state index contributed by atoms with van der Waals surface area (Å²) in [5, 5.41) is 16.8. The zero-order valence-electron chi connectivity index (χ0n) is 9.22. The Bertz CT molecular complexity index is 414. The number of nitrogens with one attached hydrogen (secondary N) is 2. The molecule has 0 aliphatic heterocycles. The van der Waals surface area contributed by atoms with E-state index in [0.717, 1.165) is 18.0 Å². The average Bonchev–Trinajstić information content (AvgIpc) is 2.38. The molecule has 1 aromatic rings. The minimum absolute atomic E-state index is 0.132. The van der Waals surface area contributed by atoms with Crippen LogP contribution in [0, 0.1) is 15.7 Å². The van der Waals surface area contributed by atoms with E-state index in [4.69, 9.17) is 15.6 Å². The molecule has 0 saturated carbocycles. The lowest BCUT2D eigenvalue weighted by Crippen LogP contribution is -1.99. The van der Waals surface area contributed by atoms with Crippen molar-refractivity contribution in [3.63, 3.8) is 0 Å². The fourth-order valence-electron chi connectivity index (χ4n) is 1.18. The summed E-state index contributed by atoms with van der Waals surface area (Å²) in [5.41, 5.74) is 1.40. The van der Waals surface area contributed by atoms with Crippen LogP contribution in [0.1, 0.15) is 5.56 Å². The second kappa shape index (κ2) is 7.05. The van der Waals surface area contributed by atoms with Crippen LogP contribution in [-0.2, 0) is 0 Å². The van der Waals surface area contributed by atoms with E-state index in [0.29, 0.717) is 11.3 Å². The fourth-order valence-corrected chi connectivity index (χ4v) is 1.18. The van der Waals surface area contributed by atoms with Crippen molar-refractivity contribution in [1.29, 1.82) is 10.8 Å². The number of nitroso groups, excluding NO2 is 1. The van der Waals surface area contributed by atoms with Gasteiger partial charge in [-0.25, -0.2) is 0 Å². The average molecular weight is 231 g/mol. The van der Waals surface area contributed by atoms with Gasteiger partial charge in [-0.2, -0.15) is 4.91 Å². The van der Waals surface area contributed by atoms with Crippen LogP contribution in [0.5, 0.6) is 5.75 Å². The van der Waals surface area contributed by atoms with E-state index >= 15 is 0 Å². The number of nitrogens with zero attached hydrogens (tertiary/aromatic N) is 1. The minimum atomic E-state index is 0.132. The van der Waals surface area contributed by atoms with Crippen LogP contribution in [0.3, 0.4) is 0 Å². The summed E-state index contributed by atoms with van der Waals surface area (Å²) in [6, 6.07) is 7.16. The molecule has 0 bridgehead atoms. The molecular formula is C12H13N3O2. The topological polar surface area (TPSA) is 86.4 Å². The van der Waals surface area contributed by atoms with E-state index in [9.17, 15) is 4.91 Å². The standard InChI is InChI=1S/C12H13N3O2/c13-8-11(9-14)7-10-1-3-12(4-2-10)17-6-5-15-16/h1-4,7-9,13-14H,5-6H2. The van der Waals surface area contributed by atoms with Crippen molar-refractivity contribution in [1.82, 2.24) is 0 Å². The minimum Gasteiger partial charge on any atom is -0.492 e. The molecule has 17 heavy (non-hydrogen) atoms. The van der Waals surface area contributed by atoms with Gasteiger partial charge in [-0.3, -0.25) is 0 Å². The van der Waals surface area contributed by atoms with Crippen molar-refractivity contribution in [2.24, 2.45) is 5.18 Å². The van der Waals surface area contributed by atoms with E-state index in [-0.39, 0.29) is 13.2 Å². The van der Waals surface area contributed by atoms with Crippen LogP contribution >= 0.6 is 0 Å². The largest absolute Gasteiger partial charge is 0.492 e. The van der Waals surface area contributed by atoms with E-state index in [2.05, 4.69) is 5.18 Å². The molecule has 5 heteroatoms. The van der Waals surface area contributed by atoms with Crippen molar-refractivity contribution in [3.05, 3.63) is 40.3 Å². The molecule has 0 atom stereocenters. The third kappa shape index (κ3) is 4.38. The maximum atomic E-state index is 9.86. The lowest BCUT2D eigenvalue weighted by molar-refractivity contribution is 0.328. The number of rotatable bonds is 7. The predicted molar refractivity (Wildman–Crippen MR) is 68.1 cm³/mol. The van der Waals surface area contributed by atoms with Gasteiger partial charge in [0.2, 0.25) is 0 Å². The summed E-state index contributed by atoms with van der Waals surface area (Å²) < 4.78 is 5.25. The van der Waals surface area contributed by atoms with Gasteiger partial charge < -0.3 is 15.6 Å².